The highest BCUT2D eigenvalue weighted by atomic mass is 28.3. The molecule has 0 aliphatic heterocycles. The molecule has 26 heavy (non-hydrogen) atoms. The molecule has 0 amide bonds. The minimum Gasteiger partial charge on any atom is -0.508 e. The Balaban J connectivity index is 1.60. The van der Waals surface area contributed by atoms with Gasteiger partial charge in [-0.25, -0.2) is 0 Å². The first-order valence-corrected chi connectivity index (χ1v) is 13.6. The first-order chi connectivity index (χ1) is 12.5. The van der Waals surface area contributed by atoms with E-state index in [0.717, 1.165) is 5.92 Å². The molecule has 2 aromatic carbocycles. The van der Waals surface area contributed by atoms with Crippen molar-refractivity contribution in [3.8, 4) is 5.75 Å². The molecule has 2 aromatic rings. The van der Waals surface area contributed by atoms with E-state index >= 15 is 0 Å². The van der Waals surface area contributed by atoms with Gasteiger partial charge in [0, 0.05) is 0 Å². The Kier molecular flexibility index (Phi) is 6.23. The Morgan fingerprint density at radius 2 is 1.27 bits per heavy atom. The van der Waals surface area contributed by atoms with Crippen molar-refractivity contribution in [3.05, 3.63) is 59.7 Å². The summed E-state index contributed by atoms with van der Waals surface area (Å²) in [6, 6.07) is 18.9. The molecular formula is C24H34OSi. The van der Waals surface area contributed by atoms with Crippen molar-refractivity contribution in [2.45, 2.75) is 76.4 Å². The summed E-state index contributed by atoms with van der Waals surface area (Å²) in [5, 5.41) is 11.1. The largest absolute Gasteiger partial charge is 0.508 e. The minimum atomic E-state index is -1.25. The topological polar surface area (TPSA) is 20.2 Å². The van der Waals surface area contributed by atoms with E-state index in [1.165, 1.54) is 55.7 Å². The van der Waals surface area contributed by atoms with E-state index in [2.05, 4.69) is 56.4 Å². The number of unbranched alkanes of at least 4 members (excludes halogenated alkanes) is 1. The van der Waals surface area contributed by atoms with Crippen molar-refractivity contribution >= 4 is 13.3 Å². The molecule has 3 rings (SSSR count). The molecule has 0 atom stereocenters. The number of benzene rings is 2. The highest BCUT2D eigenvalue weighted by molar-refractivity contribution is 6.89. The van der Waals surface area contributed by atoms with Crippen LogP contribution < -0.4 is 5.19 Å². The van der Waals surface area contributed by atoms with E-state index in [1.807, 2.05) is 12.1 Å². The van der Waals surface area contributed by atoms with Gasteiger partial charge in [-0.2, -0.15) is 0 Å². The normalized spacial score (nSPS) is 20.9. The third-order valence-electron chi connectivity index (χ3n) is 6.41. The summed E-state index contributed by atoms with van der Waals surface area (Å²) < 4.78 is 0. The Morgan fingerprint density at radius 1 is 0.808 bits per heavy atom. The minimum absolute atomic E-state index is 0.368. The van der Waals surface area contributed by atoms with Gasteiger partial charge in [0.15, 0.2) is 0 Å². The average Bonchev–Trinajstić information content (AvgIpc) is 2.67. The number of aromatic hydroxyl groups is 1. The second kappa shape index (κ2) is 8.43. The van der Waals surface area contributed by atoms with Crippen LogP contribution in [0.2, 0.25) is 19.1 Å². The predicted octanol–water partition coefficient (Wildman–Crippen LogP) is 6.55. The van der Waals surface area contributed by atoms with Crippen LogP contribution in [0.1, 0.15) is 68.4 Å². The zero-order chi connectivity index (χ0) is 18.6. The molecule has 0 bridgehead atoms. The predicted molar refractivity (Wildman–Crippen MR) is 115 cm³/mol. The lowest BCUT2D eigenvalue weighted by Gasteiger charge is -2.30. The molecule has 1 N–H and O–H groups in total. The number of phenolic OH excluding ortho intramolecular Hbond substituents is 1. The second-order valence-electron chi connectivity index (χ2n) is 8.75. The molecule has 140 valence electrons. The van der Waals surface area contributed by atoms with Gasteiger partial charge in [-0.1, -0.05) is 80.5 Å². The summed E-state index contributed by atoms with van der Waals surface area (Å²) in [4.78, 5) is 0. The van der Waals surface area contributed by atoms with E-state index in [4.69, 9.17) is 0 Å². The van der Waals surface area contributed by atoms with Gasteiger partial charge in [-0.05, 0) is 60.8 Å². The van der Waals surface area contributed by atoms with Gasteiger partial charge in [0.1, 0.15) is 5.75 Å². The van der Waals surface area contributed by atoms with Gasteiger partial charge in [-0.15, -0.1) is 0 Å². The Labute approximate surface area is 160 Å². The van der Waals surface area contributed by atoms with Crippen LogP contribution in [0.25, 0.3) is 0 Å². The van der Waals surface area contributed by atoms with Crippen LogP contribution in [0, 0.1) is 0 Å². The lowest BCUT2D eigenvalue weighted by Crippen LogP contribution is -2.40. The third-order valence-corrected chi connectivity index (χ3v) is 9.91. The standard InChI is InChI=1S/C24H34OSi/c1-4-5-18-26(2,3)24-16-12-22(13-17-24)20-8-6-19(7-9-20)21-10-14-23(25)15-11-21/h10-17,19-20,25H,4-9,18H2,1-3H3. The maximum absolute atomic E-state index is 9.48. The van der Waals surface area contributed by atoms with E-state index in [9.17, 15) is 5.11 Å². The average molecular weight is 367 g/mol. The Bertz CT molecular complexity index is 679. The molecule has 1 aliphatic carbocycles. The maximum Gasteiger partial charge on any atom is 0.115 e. The molecule has 0 spiro atoms. The summed E-state index contributed by atoms with van der Waals surface area (Å²) in [5.41, 5.74) is 2.93. The van der Waals surface area contributed by atoms with Crippen LogP contribution >= 0.6 is 0 Å². The fraction of sp³-hybridized carbons (Fsp3) is 0.500. The lowest BCUT2D eigenvalue weighted by atomic mass is 9.76. The molecule has 1 saturated carbocycles. The van der Waals surface area contributed by atoms with Crippen molar-refractivity contribution < 1.29 is 5.11 Å². The van der Waals surface area contributed by atoms with E-state index < -0.39 is 8.07 Å². The van der Waals surface area contributed by atoms with Crippen LogP contribution in [0.3, 0.4) is 0 Å². The van der Waals surface area contributed by atoms with E-state index in [1.54, 1.807) is 5.19 Å². The van der Waals surface area contributed by atoms with Gasteiger partial charge in [0.05, 0.1) is 8.07 Å². The number of rotatable bonds is 6. The summed E-state index contributed by atoms with van der Waals surface area (Å²) in [7, 11) is -1.25. The summed E-state index contributed by atoms with van der Waals surface area (Å²) in [6.07, 6.45) is 7.74. The summed E-state index contributed by atoms with van der Waals surface area (Å²) in [6.45, 7) is 7.32. The second-order valence-corrected chi connectivity index (χ2v) is 13.6. The third kappa shape index (κ3) is 4.59. The van der Waals surface area contributed by atoms with E-state index in [0.29, 0.717) is 11.7 Å². The lowest BCUT2D eigenvalue weighted by molar-refractivity contribution is 0.396. The van der Waals surface area contributed by atoms with Crippen molar-refractivity contribution in [2.24, 2.45) is 0 Å². The van der Waals surface area contributed by atoms with Gasteiger partial charge in [0.2, 0.25) is 0 Å². The highest BCUT2D eigenvalue weighted by Gasteiger charge is 2.25. The SMILES string of the molecule is CCCC[Si](C)(C)c1ccc(C2CCC(c3ccc(O)cc3)CC2)cc1. The van der Waals surface area contributed by atoms with Crippen LogP contribution in [-0.2, 0) is 0 Å². The van der Waals surface area contributed by atoms with Crippen molar-refractivity contribution in [3.63, 3.8) is 0 Å². The zero-order valence-corrected chi connectivity index (χ0v) is 17.7. The van der Waals surface area contributed by atoms with Crippen molar-refractivity contribution in [2.75, 3.05) is 0 Å². The van der Waals surface area contributed by atoms with Crippen LogP contribution in [0.5, 0.6) is 5.75 Å². The highest BCUT2D eigenvalue weighted by Crippen LogP contribution is 2.40. The first-order valence-electron chi connectivity index (χ1n) is 10.4. The monoisotopic (exact) mass is 366 g/mol. The number of hydrogen-bond acceptors (Lipinski definition) is 1. The molecular weight excluding hydrogens is 332 g/mol. The smallest absolute Gasteiger partial charge is 0.115 e. The number of hydrogen-bond donors (Lipinski definition) is 1. The molecule has 1 nitrogen and oxygen atoms in total. The van der Waals surface area contributed by atoms with Gasteiger partial charge >= 0.3 is 0 Å². The maximum atomic E-state index is 9.48. The summed E-state index contributed by atoms with van der Waals surface area (Å²) >= 11 is 0. The molecule has 1 fully saturated rings. The van der Waals surface area contributed by atoms with Crippen LogP contribution in [-0.4, -0.2) is 13.2 Å². The molecule has 2 heteroatoms. The first kappa shape index (κ1) is 19.2. The fourth-order valence-electron chi connectivity index (χ4n) is 4.48. The van der Waals surface area contributed by atoms with Crippen molar-refractivity contribution in [1.29, 1.82) is 0 Å². The molecule has 1 aliphatic rings. The van der Waals surface area contributed by atoms with Crippen molar-refractivity contribution in [1.82, 2.24) is 0 Å². The molecule has 0 saturated heterocycles. The summed E-state index contributed by atoms with van der Waals surface area (Å²) in [5.74, 6) is 1.75. The molecule has 0 unspecified atom stereocenters. The van der Waals surface area contributed by atoms with Crippen LogP contribution in [0.15, 0.2) is 48.5 Å². The number of phenols is 1. The van der Waals surface area contributed by atoms with Gasteiger partial charge < -0.3 is 5.11 Å². The Morgan fingerprint density at radius 3 is 1.73 bits per heavy atom. The van der Waals surface area contributed by atoms with Gasteiger partial charge in [-0.3, -0.25) is 0 Å². The molecule has 0 aromatic heterocycles. The van der Waals surface area contributed by atoms with Gasteiger partial charge in [0.25, 0.3) is 0 Å². The quantitative estimate of drug-likeness (QED) is 0.575. The van der Waals surface area contributed by atoms with E-state index in [-0.39, 0.29) is 0 Å². The molecule has 0 heterocycles. The van der Waals surface area contributed by atoms with Crippen LogP contribution in [0.4, 0.5) is 0 Å². The Hall–Kier alpha value is -1.54. The zero-order valence-electron chi connectivity index (χ0n) is 16.7. The molecule has 0 radical (unpaired) electrons. The fourth-order valence-corrected chi connectivity index (χ4v) is 7.07.